The van der Waals surface area contributed by atoms with Crippen LogP contribution in [0.5, 0.6) is 11.5 Å². The Morgan fingerprint density at radius 1 is 1.15 bits per heavy atom. The summed E-state index contributed by atoms with van der Waals surface area (Å²) in [7, 11) is 0. The molecular formula is C19H24N2O5. The van der Waals surface area contributed by atoms with Crippen LogP contribution in [0.2, 0.25) is 0 Å². The van der Waals surface area contributed by atoms with Crippen molar-refractivity contribution in [3.8, 4) is 11.5 Å². The zero-order valence-electron chi connectivity index (χ0n) is 14.6. The quantitative estimate of drug-likeness (QED) is 0.773. The lowest BCUT2D eigenvalue weighted by atomic mass is 10.2. The molecule has 3 rings (SSSR count). The van der Waals surface area contributed by atoms with Gasteiger partial charge in [0.05, 0.1) is 6.61 Å². The third kappa shape index (κ3) is 4.54. The standard InChI is InChI=1S/C19H24N2O5/c22-12-15(19(24)21-9-3-1-2-4-10-21)20-18(23)8-6-14-5-7-16-17(11-14)26-13-25-16/h5-8,11,15,22H,1-4,9-10,12-13H2,(H,20,23)/t15-/m0/s1. The maximum Gasteiger partial charge on any atom is 0.247 e. The van der Waals surface area contributed by atoms with Gasteiger partial charge >= 0.3 is 0 Å². The first-order valence-corrected chi connectivity index (χ1v) is 8.95. The smallest absolute Gasteiger partial charge is 0.247 e. The Labute approximate surface area is 152 Å². The van der Waals surface area contributed by atoms with Crippen molar-refractivity contribution in [3.63, 3.8) is 0 Å². The molecular weight excluding hydrogens is 336 g/mol. The summed E-state index contributed by atoms with van der Waals surface area (Å²) in [6.07, 6.45) is 7.11. The Balaban J connectivity index is 1.57. The molecule has 7 nitrogen and oxygen atoms in total. The summed E-state index contributed by atoms with van der Waals surface area (Å²) in [6.45, 7) is 1.13. The number of fused-ring (bicyclic) bond motifs is 1. The van der Waals surface area contributed by atoms with Crippen molar-refractivity contribution in [2.45, 2.75) is 31.7 Å². The molecule has 1 saturated heterocycles. The van der Waals surface area contributed by atoms with Crippen LogP contribution in [0.1, 0.15) is 31.2 Å². The highest BCUT2D eigenvalue weighted by atomic mass is 16.7. The Bertz CT molecular complexity index is 681. The molecule has 1 aromatic rings. The Morgan fingerprint density at radius 3 is 2.62 bits per heavy atom. The van der Waals surface area contributed by atoms with Gasteiger partial charge in [0.15, 0.2) is 11.5 Å². The lowest BCUT2D eigenvalue weighted by Crippen LogP contribution is -2.50. The lowest BCUT2D eigenvalue weighted by molar-refractivity contribution is -0.136. The van der Waals surface area contributed by atoms with Gasteiger partial charge in [-0.15, -0.1) is 0 Å². The number of hydrogen-bond donors (Lipinski definition) is 2. The van der Waals surface area contributed by atoms with E-state index in [-0.39, 0.29) is 12.7 Å². The van der Waals surface area contributed by atoms with Crippen LogP contribution in [0.25, 0.3) is 6.08 Å². The topological polar surface area (TPSA) is 88.1 Å². The summed E-state index contributed by atoms with van der Waals surface area (Å²) in [5, 5.41) is 12.1. The predicted molar refractivity (Wildman–Crippen MR) is 95.7 cm³/mol. The molecule has 2 N–H and O–H groups in total. The number of carbonyl (C=O) groups excluding carboxylic acids is 2. The van der Waals surface area contributed by atoms with Crippen molar-refractivity contribution in [2.75, 3.05) is 26.5 Å². The third-order valence-corrected chi connectivity index (χ3v) is 4.54. The normalized spacial score (nSPS) is 17.8. The van der Waals surface area contributed by atoms with E-state index in [1.165, 1.54) is 6.08 Å². The molecule has 1 fully saturated rings. The van der Waals surface area contributed by atoms with Crippen molar-refractivity contribution >= 4 is 17.9 Å². The number of amides is 2. The molecule has 1 atom stereocenters. The lowest BCUT2D eigenvalue weighted by Gasteiger charge is -2.25. The van der Waals surface area contributed by atoms with Crippen molar-refractivity contribution < 1.29 is 24.2 Å². The van der Waals surface area contributed by atoms with E-state index in [1.807, 2.05) is 6.07 Å². The second kappa shape index (κ2) is 8.71. The monoisotopic (exact) mass is 360 g/mol. The van der Waals surface area contributed by atoms with Gasteiger partial charge in [-0.05, 0) is 36.6 Å². The second-order valence-electron chi connectivity index (χ2n) is 6.43. The molecule has 7 heteroatoms. The van der Waals surface area contributed by atoms with E-state index < -0.39 is 18.6 Å². The van der Waals surface area contributed by atoms with E-state index >= 15 is 0 Å². The molecule has 0 unspecified atom stereocenters. The van der Waals surface area contributed by atoms with E-state index in [2.05, 4.69) is 5.32 Å². The summed E-state index contributed by atoms with van der Waals surface area (Å²) in [5.74, 6) is 0.663. The highest BCUT2D eigenvalue weighted by Crippen LogP contribution is 2.32. The molecule has 0 aromatic heterocycles. The van der Waals surface area contributed by atoms with Crippen LogP contribution >= 0.6 is 0 Å². The SMILES string of the molecule is O=C(C=Cc1ccc2c(c1)OCO2)N[C@@H](CO)C(=O)N1CCCCCC1. The van der Waals surface area contributed by atoms with Gasteiger partial charge in [-0.25, -0.2) is 0 Å². The number of likely N-dealkylation sites (tertiary alicyclic amines) is 1. The summed E-state index contributed by atoms with van der Waals surface area (Å²) in [6, 6.07) is 4.45. The molecule has 2 aliphatic heterocycles. The van der Waals surface area contributed by atoms with Crippen LogP contribution in [0.3, 0.4) is 0 Å². The number of hydrogen-bond acceptors (Lipinski definition) is 5. The van der Waals surface area contributed by atoms with Crippen molar-refractivity contribution in [1.82, 2.24) is 10.2 Å². The number of carbonyl (C=O) groups is 2. The molecule has 0 aliphatic carbocycles. The average Bonchev–Trinajstić information content (AvgIpc) is 2.95. The minimum Gasteiger partial charge on any atom is -0.454 e. The van der Waals surface area contributed by atoms with Gasteiger partial charge in [-0.1, -0.05) is 18.9 Å². The number of ether oxygens (including phenoxy) is 2. The summed E-state index contributed by atoms with van der Waals surface area (Å²) >= 11 is 0. The summed E-state index contributed by atoms with van der Waals surface area (Å²) in [4.78, 5) is 26.4. The van der Waals surface area contributed by atoms with E-state index in [1.54, 1.807) is 23.1 Å². The van der Waals surface area contributed by atoms with E-state index in [0.29, 0.717) is 24.6 Å². The minimum absolute atomic E-state index is 0.194. The van der Waals surface area contributed by atoms with E-state index in [9.17, 15) is 14.7 Å². The molecule has 0 spiro atoms. The highest BCUT2D eigenvalue weighted by molar-refractivity contribution is 5.95. The zero-order chi connectivity index (χ0) is 18.4. The van der Waals surface area contributed by atoms with Crippen LogP contribution in [0.4, 0.5) is 0 Å². The van der Waals surface area contributed by atoms with Crippen LogP contribution in [-0.4, -0.2) is 54.4 Å². The maximum atomic E-state index is 12.5. The van der Waals surface area contributed by atoms with Crippen molar-refractivity contribution in [1.29, 1.82) is 0 Å². The van der Waals surface area contributed by atoms with Gasteiger partial charge in [0.2, 0.25) is 18.6 Å². The van der Waals surface area contributed by atoms with Gasteiger partial charge in [0.1, 0.15) is 6.04 Å². The van der Waals surface area contributed by atoms with Gasteiger partial charge in [0.25, 0.3) is 0 Å². The molecule has 0 saturated carbocycles. The molecule has 0 bridgehead atoms. The summed E-state index contributed by atoms with van der Waals surface area (Å²) in [5.41, 5.74) is 0.781. The molecule has 26 heavy (non-hydrogen) atoms. The average molecular weight is 360 g/mol. The van der Waals surface area contributed by atoms with E-state index in [0.717, 1.165) is 31.2 Å². The van der Waals surface area contributed by atoms with E-state index in [4.69, 9.17) is 9.47 Å². The molecule has 2 aliphatic rings. The van der Waals surface area contributed by atoms with Crippen LogP contribution in [0, 0.1) is 0 Å². The molecule has 140 valence electrons. The summed E-state index contributed by atoms with van der Waals surface area (Å²) < 4.78 is 10.5. The molecule has 2 heterocycles. The Morgan fingerprint density at radius 2 is 1.88 bits per heavy atom. The van der Waals surface area contributed by atoms with Crippen LogP contribution < -0.4 is 14.8 Å². The number of aliphatic hydroxyl groups excluding tert-OH is 1. The number of nitrogens with one attached hydrogen (secondary N) is 1. The number of aliphatic hydroxyl groups is 1. The first-order chi connectivity index (χ1) is 12.7. The Kier molecular flexibility index (Phi) is 6.12. The molecule has 0 radical (unpaired) electrons. The largest absolute Gasteiger partial charge is 0.454 e. The van der Waals surface area contributed by atoms with Crippen LogP contribution in [0.15, 0.2) is 24.3 Å². The van der Waals surface area contributed by atoms with Gasteiger partial charge in [-0.2, -0.15) is 0 Å². The Hall–Kier alpha value is -2.54. The molecule has 1 aromatic carbocycles. The highest BCUT2D eigenvalue weighted by Gasteiger charge is 2.25. The second-order valence-corrected chi connectivity index (χ2v) is 6.43. The minimum atomic E-state index is -0.915. The number of benzene rings is 1. The van der Waals surface area contributed by atoms with Gasteiger partial charge in [0, 0.05) is 19.2 Å². The molecule has 2 amide bonds. The fourth-order valence-corrected chi connectivity index (χ4v) is 3.11. The number of rotatable bonds is 5. The zero-order valence-corrected chi connectivity index (χ0v) is 14.6. The van der Waals surface area contributed by atoms with Gasteiger partial charge < -0.3 is 24.8 Å². The first-order valence-electron chi connectivity index (χ1n) is 8.95. The maximum absolute atomic E-state index is 12.5. The fraction of sp³-hybridized carbons (Fsp3) is 0.474. The first kappa shape index (κ1) is 18.3. The third-order valence-electron chi connectivity index (χ3n) is 4.54. The van der Waals surface area contributed by atoms with Crippen molar-refractivity contribution in [3.05, 3.63) is 29.8 Å². The van der Waals surface area contributed by atoms with Gasteiger partial charge in [-0.3, -0.25) is 9.59 Å². The fourth-order valence-electron chi connectivity index (χ4n) is 3.11. The van der Waals surface area contributed by atoms with Crippen molar-refractivity contribution in [2.24, 2.45) is 0 Å². The predicted octanol–water partition coefficient (Wildman–Crippen LogP) is 1.31. The van der Waals surface area contributed by atoms with Crippen LogP contribution in [-0.2, 0) is 9.59 Å². The number of nitrogens with zero attached hydrogens (tertiary/aromatic N) is 1.